The van der Waals surface area contributed by atoms with E-state index in [4.69, 9.17) is 14.2 Å². The molecule has 7 N–H and O–H groups in total. The molecule has 2 fully saturated rings. The van der Waals surface area contributed by atoms with Crippen LogP contribution in [0.25, 0.3) is 10.8 Å². The molecule has 1 unspecified atom stereocenters. The average Bonchev–Trinajstić information content (AvgIpc) is 2.87. The molecule has 2 saturated heterocycles. The van der Waals surface area contributed by atoms with Gasteiger partial charge in [0.15, 0.2) is 12.6 Å². The van der Waals surface area contributed by atoms with Gasteiger partial charge in [-0.1, -0.05) is 30.3 Å². The molecule has 2 aromatic rings. The second-order valence-corrected chi connectivity index (χ2v) is 9.46. The number of benzene rings is 2. The smallest absolute Gasteiger partial charge is 0.251 e. The molecule has 4 rings (SSSR count). The molecule has 0 aliphatic carbocycles. The molecule has 12 heteroatoms. The molecule has 0 radical (unpaired) electrons. The Labute approximate surface area is 205 Å². The lowest BCUT2D eigenvalue weighted by molar-refractivity contribution is -0.345. The second kappa shape index (κ2) is 11.0. The van der Waals surface area contributed by atoms with E-state index in [0.29, 0.717) is 5.56 Å². The normalized spacial score (nSPS) is 37.8. The second-order valence-electron chi connectivity index (χ2n) is 8.52. The Balaban J connectivity index is 1.45. The van der Waals surface area contributed by atoms with Gasteiger partial charge >= 0.3 is 0 Å². The lowest BCUT2D eigenvalue weighted by atomic mass is 9.96. The van der Waals surface area contributed by atoms with Crippen LogP contribution >= 0.6 is 11.8 Å². The third kappa shape index (κ3) is 5.47. The van der Waals surface area contributed by atoms with Gasteiger partial charge in [-0.2, -0.15) is 0 Å². The van der Waals surface area contributed by atoms with Crippen molar-refractivity contribution in [2.75, 3.05) is 12.9 Å². The van der Waals surface area contributed by atoms with Gasteiger partial charge in [-0.25, -0.2) is 0 Å². The lowest BCUT2D eigenvalue weighted by Crippen LogP contribution is -2.64. The maximum Gasteiger partial charge on any atom is 0.251 e. The Morgan fingerprint density at radius 2 is 1.63 bits per heavy atom. The predicted molar refractivity (Wildman–Crippen MR) is 124 cm³/mol. The third-order valence-electron chi connectivity index (χ3n) is 6.22. The van der Waals surface area contributed by atoms with Gasteiger partial charge in [-0.05, 0) is 29.2 Å². The molecule has 192 valence electrons. The highest BCUT2D eigenvalue weighted by molar-refractivity contribution is 7.99. The number of carbonyl (C=O) groups excluding carboxylic acids is 1. The summed E-state index contributed by atoms with van der Waals surface area (Å²) in [5.41, 5.74) is -0.465. The summed E-state index contributed by atoms with van der Waals surface area (Å²) in [7, 11) is 0. The highest BCUT2D eigenvalue weighted by Gasteiger charge is 2.47. The summed E-state index contributed by atoms with van der Waals surface area (Å²) in [5, 5.41) is 65.2. The standard InChI is InChI=1S/C23H29NO10S/c1-35-23-16(26)14(24-20(30)12-7-6-10-4-2-3-5-11(10)8-12)15(25)13(33-23)9-32-22-19(29)17(27)18(28)21(31)34-22/h2-8,13-19,21-23,25-29,31H,9H2,1H3,(H,24,30)/t13-,14+,15-,16-,17+,18+,19+,21+,22?,23+/m0/s1. The van der Waals surface area contributed by atoms with Gasteiger partial charge in [-0.3, -0.25) is 4.79 Å². The molecule has 0 saturated carbocycles. The molecule has 11 nitrogen and oxygen atoms in total. The van der Waals surface area contributed by atoms with Crippen LogP contribution in [0.2, 0.25) is 0 Å². The molecular formula is C23H29NO10S. The number of nitrogens with one attached hydrogen (secondary N) is 1. The van der Waals surface area contributed by atoms with Crippen molar-refractivity contribution in [1.82, 2.24) is 5.32 Å². The van der Waals surface area contributed by atoms with Crippen LogP contribution in [0.15, 0.2) is 42.5 Å². The van der Waals surface area contributed by atoms with E-state index in [9.17, 15) is 35.4 Å². The Hall–Kier alpha value is -1.84. The first-order chi connectivity index (χ1) is 16.7. The maximum absolute atomic E-state index is 13.0. The topological polar surface area (TPSA) is 178 Å². The highest BCUT2D eigenvalue weighted by Crippen LogP contribution is 2.29. The Morgan fingerprint density at radius 1 is 0.914 bits per heavy atom. The van der Waals surface area contributed by atoms with Gasteiger partial charge in [0.1, 0.15) is 42.1 Å². The molecule has 10 atom stereocenters. The molecule has 35 heavy (non-hydrogen) atoms. The minimum atomic E-state index is -1.79. The summed E-state index contributed by atoms with van der Waals surface area (Å²) in [6.45, 7) is -0.370. The van der Waals surface area contributed by atoms with E-state index in [-0.39, 0.29) is 6.61 Å². The van der Waals surface area contributed by atoms with Crippen molar-refractivity contribution < 1.29 is 49.6 Å². The summed E-state index contributed by atoms with van der Waals surface area (Å²) in [6.07, 6.45) is -10.4. The number of thioether (sulfide) groups is 1. The van der Waals surface area contributed by atoms with E-state index in [2.05, 4.69) is 5.32 Å². The van der Waals surface area contributed by atoms with Crippen LogP contribution in [0, 0.1) is 0 Å². The SMILES string of the molecule is CS[C@H]1O[C@@H](COC2O[C@@H](O)[C@H](O)[C@@H](O)[C@H]2O)[C@H](O)[C@@H](NC(=O)c2ccc3ccccc3c2)[C@@H]1O. The van der Waals surface area contributed by atoms with E-state index < -0.39 is 66.6 Å². The van der Waals surface area contributed by atoms with Gasteiger partial charge in [0.25, 0.3) is 5.91 Å². The first-order valence-electron chi connectivity index (χ1n) is 11.0. The zero-order valence-corrected chi connectivity index (χ0v) is 19.6. The van der Waals surface area contributed by atoms with Crippen molar-refractivity contribution in [2.45, 2.75) is 60.7 Å². The van der Waals surface area contributed by atoms with Crippen LogP contribution in [-0.2, 0) is 14.2 Å². The lowest BCUT2D eigenvalue weighted by Gasteiger charge is -2.43. The molecule has 2 aliphatic heterocycles. The summed E-state index contributed by atoms with van der Waals surface area (Å²) in [5.74, 6) is -0.494. The zero-order chi connectivity index (χ0) is 25.3. The van der Waals surface area contributed by atoms with Crippen molar-refractivity contribution in [2.24, 2.45) is 0 Å². The fourth-order valence-corrected chi connectivity index (χ4v) is 4.86. The molecule has 2 heterocycles. The van der Waals surface area contributed by atoms with Crippen LogP contribution < -0.4 is 5.32 Å². The van der Waals surface area contributed by atoms with Crippen molar-refractivity contribution in [1.29, 1.82) is 0 Å². The number of amides is 1. The number of rotatable bonds is 6. The number of hydrogen-bond donors (Lipinski definition) is 7. The van der Waals surface area contributed by atoms with Gasteiger partial charge < -0.3 is 50.2 Å². The van der Waals surface area contributed by atoms with Gasteiger partial charge in [0.05, 0.1) is 12.6 Å². The Bertz CT molecular complexity index is 1030. The third-order valence-corrected chi connectivity index (χ3v) is 7.07. The molecule has 1 amide bonds. The number of aliphatic hydroxyl groups excluding tert-OH is 6. The van der Waals surface area contributed by atoms with Crippen molar-refractivity contribution in [3.05, 3.63) is 48.0 Å². The van der Waals surface area contributed by atoms with Crippen LogP contribution in [0.5, 0.6) is 0 Å². The van der Waals surface area contributed by atoms with E-state index in [1.165, 1.54) is 11.8 Å². The first kappa shape index (κ1) is 26.2. The van der Waals surface area contributed by atoms with Crippen molar-refractivity contribution >= 4 is 28.4 Å². The summed E-state index contributed by atoms with van der Waals surface area (Å²) in [4.78, 5) is 13.0. The molecule has 0 aromatic heterocycles. The summed E-state index contributed by atoms with van der Waals surface area (Å²) < 4.78 is 16.1. The van der Waals surface area contributed by atoms with Gasteiger partial charge in [0.2, 0.25) is 0 Å². The molecule has 0 spiro atoms. The minimum Gasteiger partial charge on any atom is -0.388 e. The largest absolute Gasteiger partial charge is 0.388 e. The van der Waals surface area contributed by atoms with Crippen molar-refractivity contribution in [3.63, 3.8) is 0 Å². The summed E-state index contributed by atoms with van der Waals surface area (Å²) in [6, 6.07) is 11.6. The van der Waals surface area contributed by atoms with Crippen LogP contribution in [0.3, 0.4) is 0 Å². The predicted octanol–water partition coefficient (Wildman–Crippen LogP) is -1.48. The Kier molecular flexibility index (Phi) is 8.28. The first-order valence-corrected chi connectivity index (χ1v) is 12.3. The highest BCUT2D eigenvalue weighted by atomic mass is 32.2. The number of hydrogen-bond acceptors (Lipinski definition) is 11. The van der Waals surface area contributed by atoms with Crippen LogP contribution in [0.4, 0.5) is 0 Å². The van der Waals surface area contributed by atoms with Crippen molar-refractivity contribution in [3.8, 4) is 0 Å². The van der Waals surface area contributed by atoms with E-state index in [1.54, 1.807) is 24.5 Å². The zero-order valence-electron chi connectivity index (χ0n) is 18.7. The average molecular weight is 512 g/mol. The number of ether oxygens (including phenoxy) is 3. The van der Waals surface area contributed by atoms with E-state index >= 15 is 0 Å². The van der Waals surface area contributed by atoms with Crippen LogP contribution in [0.1, 0.15) is 10.4 Å². The van der Waals surface area contributed by atoms with E-state index in [1.807, 2.05) is 24.3 Å². The monoisotopic (exact) mass is 511 g/mol. The van der Waals surface area contributed by atoms with Gasteiger partial charge in [0, 0.05) is 5.56 Å². The van der Waals surface area contributed by atoms with E-state index in [0.717, 1.165) is 10.8 Å². The molecule has 2 aromatic carbocycles. The number of aliphatic hydroxyl groups is 6. The fourth-order valence-electron chi connectivity index (χ4n) is 4.16. The quantitative estimate of drug-likeness (QED) is 0.241. The number of fused-ring (bicyclic) bond motifs is 1. The maximum atomic E-state index is 13.0. The van der Waals surface area contributed by atoms with Gasteiger partial charge in [-0.15, -0.1) is 11.8 Å². The Morgan fingerprint density at radius 3 is 2.34 bits per heavy atom. The molecule has 0 bridgehead atoms. The fraction of sp³-hybridized carbons (Fsp3) is 0.522. The summed E-state index contributed by atoms with van der Waals surface area (Å²) >= 11 is 1.17. The molecule has 2 aliphatic rings. The molecular weight excluding hydrogens is 482 g/mol. The minimum absolute atomic E-state index is 0.350. The van der Waals surface area contributed by atoms with Crippen LogP contribution in [-0.4, -0.2) is 110 Å². The number of carbonyl (C=O) groups is 1.